The number of ketones is 1. The van der Waals surface area contributed by atoms with Crippen LogP contribution in [-0.4, -0.2) is 25.3 Å². The van der Waals surface area contributed by atoms with Crippen molar-refractivity contribution in [3.8, 4) is 0 Å². The Morgan fingerprint density at radius 3 is 2.88 bits per heavy atom. The predicted octanol–water partition coefficient (Wildman–Crippen LogP) is 2.00. The van der Waals surface area contributed by atoms with E-state index in [2.05, 4.69) is 6.92 Å². The fraction of sp³-hybridized carbons (Fsp3) is 0.923. The molecule has 1 heterocycles. The highest BCUT2D eigenvalue weighted by Crippen LogP contribution is 2.52. The van der Waals surface area contributed by atoms with E-state index < -0.39 is 0 Å². The number of hydrogen-bond donors (Lipinski definition) is 0. The van der Waals surface area contributed by atoms with Crippen molar-refractivity contribution in [3.63, 3.8) is 0 Å². The average molecular weight is 224 g/mol. The molecule has 0 radical (unpaired) electrons. The summed E-state index contributed by atoms with van der Waals surface area (Å²) < 4.78 is 11.4. The summed E-state index contributed by atoms with van der Waals surface area (Å²) in [7, 11) is 1.72. The van der Waals surface area contributed by atoms with Crippen LogP contribution in [-0.2, 0) is 14.3 Å². The SMILES string of the molecule is COC1O[C@H]2CCC[C@@H]3C(=O)C[C@H](C)[C@@H]1[C@@H]23. The van der Waals surface area contributed by atoms with Crippen LogP contribution in [0.2, 0.25) is 0 Å². The Balaban J connectivity index is 1.93. The van der Waals surface area contributed by atoms with E-state index >= 15 is 0 Å². The van der Waals surface area contributed by atoms with Crippen molar-refractivity contribution in [2.75, 3.05) is 7.11 Å². The van der Waals surface area contributed by atoms with Crippen molar-refractivity contribution in [3.05, 3.63) is 0 Å². The molecule has 0 bridgehead atoms. The van der Waals surface area contributed by atoms with Gasteiger partial charge in [0, 0.05) is 31.3 Å². The molecule has 0 N–H and O–H groups in total. The molecular weight excluding hydrogens is 204 g/mol. The summed E-state index contributed by atoms with van der Waals surface area (Å²) in [6.45, 7) is 2.17. The molecule has 2 saturated carbocycles. The molecule has 0 aromatic carbocycles. The standard InChI is InChI=1S/C13H20O3/c1-7-6-9(14)8-4-3-5-10-12(8)11(7)13(15-2)16-10/h7-8,10-13H,3-6H2,1-2H3/t7-,8+,10-,11+,12+,13?/m0/s1. The minimum atomic E-state index is -0.0706. The molecule has 6 atom stereocenters. The highest BCUT2D eigenvalue weighted by atomic mass is 16.7. The molecule has 0 aromatic rings. The van der Waals surface area contributed by atoms with Gasteiger partial charge in [-0.25, -0.2) is 0 Å². The van der Waals surface area contributed by atoms with Crippen LogP contribution in [0, 0.1) is 23.7 Å². The minimum Gasteiger partial charge on any atom is -0.356 e. The van der Waals surface area contributed by atoms with Gasteiger partial charge in [0.05, 0.1) is 6.10 Å². The van der Waals surface area contributed by atoms with Gasteiger partial charge in [0.25, 0.3) is 0 Å². The first-order valence-electron chi connectivity index (χ1n) is 6.43. The van der Waals surface area contributed by atoms with Crippen molar-refractivity contribution < 1.29 is 14.3 Å². The Bertz CT molecular complexity index is 302. The summed E-state index contributed by atoms with van der Waals surface area (Å²) >= 11 is 0. The summed E-state index contributed by atoms with van der Waals surface area (Å²) in [5.41, 5.74) is 0. The minimum absolute atomic E-state index is 0.0706. The molecule has 0 aromatic heterocycles. The van der Waals surface area contributed by atoms with E-state index in [1.165, 1.54) is 0 Å². The monoisotopic (exact) mass is 224 g/mol. The van der Waals surface area contributed by atoms with Crippen LogP contribution in [0.25, 0.3) is 0 Å². The van der Waals surface area contributed by atoms with E-state index in [9.17, 15) is 4.79 Å². The van der Waals surface area contributed by atoms with Crippen molar-refractivity contribution in [2.45, 2.75) is 45.0 Å². The third kappa shape index (κ3) is 1.37. The van der Waals surface area contributed by atoms with Gasteiger partial charge in [0.15, 0.2) is 6.29 Å². The maximum Gasteiger partial charge on any atom is 0.161 e. The van der Waals surface area contributed by atoms with Gasteiger partial charge >= 0.3 is 0 Å². The van der Waals surface area contributed by atoms with Crippen molar-refractivity contribution in [1.82, 2.24) is 0 Å². The van der Waals surface area contributed by atoms with Gasteiger partial charge < -0.3 is 9.47 Å². The lowest BCUT2D eigenvalue weighted by atomic mass is 9.61. The van der Waals surface area contributed by atoms with Gasteiger partial charge in [0.2, 0.25) is 0 Å². The van der Waals surface area contributed by atoms with Gasteiger partial charge in [-0.15, -0.1) is 0 Å². The molecule has 3 fully saturated rings. The van der Waals surface area contributed by atoms with Crippen LogP contribution < -0.4 is 0 Å². The zero-order chi connectivity index (χ0) is 11.3. The fourth-order valence-electron chi connectivity index (χ4n) is 4.14. The van der Waals surface area contributed by atoms with Crippen molar-refractivity contribution in [2.24, 2.45) is 23.7 Å². The summed E-state index contributed by atoms with van der Waals surface area (Å²) in [5.74, 6) is 2.04. The average Bonchev–Trinajstić information content (AvgIpc) is 2.65. The highest BCUT2D eigenvalue weighted by Gasteiger charge is 2.56. The maximum atomic E-state index is 12.1. The third-order valence-electron chi connectivity index (χ3n) is 4.79. The molecule has 3 heteroatoms. The smallest absolute Gasteiger partial charge is 0.161 e. The molecule has 3 rings (SSSR count). The number of Topliss-reactive ketones (excluding diaryl/α,β-unsaturated/α-hetero) is 1. The zero-order valence-corrected chi connectivity index (χ0v) is 10.0. The van der Waals surface area contributed by atoms with Gasteiger partial charge in [-0.2, -0.15) is 0 Å². The van der Waals surface area contributed by atoms with Crippen LogP contribution in [0.5, 0.6) is 0 Å². The Morgan fingerprint density at radius 2 is 2.12 bits per heavy atom. The number of rotatable bonds is 1. The van der Waals surface area contributed by atoms with Crippen LogP contribution >= 0.6 is 0 Å². The Kier molecular flexibility index (Phi) is 2.55. The zero-order valence-electron chi connectivity index (χ0n) is 10.0. The van der Waals surface area contributed by atoms with E-state index in [0.717, 1.165) is 25.7 Å². The molecule has 0 amide bonds. The lowest BCUT2D eigenvalue weighted by molar-refractivity contribution is -0.141. The first kappa shape index (κ1) is 10.7. The fourth-order valence-corrected chi connectivity index (χ4v) is 4.14. The van der Waals surface area contributed by atoms with E-state index in [-0.39, 0.29) is 18.3 Å². The second-order valence-electron chi connectivity index (χ2n) is 5.62. The number of methoxy groups -OCH3 is 1. The molecule has 0 spiro atoms. The second kappa shape index (κ2) is 3.81. The Labute approximate surface area is 96.5 Å². The molecule has 1 unspecified atom stereocenters. The summed E-state index contributed by atoms with van der Waals surface area (Å²) in [4.78, 5) is 12.1. The number of carbonyl (C=O) groups excluding carboxylic acids is 1. The van der Waals surface area contributed by atoms with E-state index in [1.54, 1.807) is 7.11 Å². The third-order valence-corrected chi connectivity index (χ3v) is 4.79. The molecule has 90 valence electrons. The van der Waals surface area contributed by atoms with E-state index in [1.807, 2.05) is 0 Å². The molecule has 3 aliphatic rings. The predicted molar refractivity (Wildman–Crippen MR) is 58.8 cm³/mol. The first-order chi connectivity index (χ1) is 7.72. The van der Waals surface area contributed by atoms with Gasteiger partial charge in [-0.1, -0.05) is 13.3 Å². The quantitative estimate of drug-likeness (QED) is 0.683. The lowest BCUT2D eigenvalue weighted by Gasteiger charge is -2.41. The topological polar surface area (TPSA) is 35.5 Å². The molecule has 16 heavy (non-hydrogen) atoms. The molecule has 3 nitrogen and oxygen atoms in total. The highest BCUT2D eigenvalue weighted by molar-refractivity contribution is 5.82. The Hall–Kier alpha value is -0.410. The largest absolute Gasteiger partial charge is 0.356 e. The van der Waals surface area contributed by atoms with E-state index in [4.69, 9.17) is 9.47 Å². The van der Waals surface area contributed by atoms with Crippen LogP contribution in [0.4, 0.5) is 0 Å². The first-order valence-corrected chi connectivity index (χ1v) is 6.43. The summed E-state index contributed by atoms with van der Waals surface area (Å²) in [5, 5.41) is 0. The number of hydrogen-bond acceptors (Lipinski definition) is 3. The summed E-state index contributed by atoms with van der Waals surface area (Å²) in [6, 6.07) is 0. The van der Waals surface area contributed by atoms with Gasteiger partial charge in [0.1, 0.15) is 5.78 Å². The lowest BCUT2D eigenvalue weighted by Crippen LogP contribution is -2.45. The van der Waals surface area contributed by atoms with Crippen LogP contribution in [0.1, 0.15) is 32.6 Å². The Morgan fingerprint density at radius 1 is 1.31 bits per heavy atom. The van der Waals surface area contributed by atoms with Gasteiger partial charge in [-0.3, -0.25) is 4.79 Å². The normalized spacial score (nSPS) is 51.5. The molecule has 1 saturated heterocycles. The number of carbonyl (C=O) groups is 1. The van der Waals surface area contributed by atoms with Crippen molar-refractivity contribution >= 4 is 5.78 Å². The van der Waals surface area contributed by atoms with Gasteiger partial charge in [-0.05, 0) is 18.8 Å². The molecular formula is C13H20O3. The van der Waals surface area contributed by atoms with E-state index in [0.29, 0.717) is 23.5 Å². The summed E-state index contributed by atoms with van der Waals surface area (Å²) in [6.07, 6.45) is 4.25. The van der Waals surface area contributed by atoms with Crippen LogP contribution in [0.3, 0.4) is 0 Å². The maximum absolute atomic E-state index is 12.1. The van der Waals surface area contributed by atoms with Crippen molar-refractivity contribution in [1.29, 1.82) is 0 Å². The molecule has 2 aliphatic carbocycles. The second-order valence-corrected chi connectivity index (χ2v) is 5.62. The number of ether oxygens (including phenoxy) is 2. The van der Waals surface area contributed by atoms with Crippen LogP contribution in [0.15, 0.2) is 0 Å². The molecule has 1 aliphatic heterocycles.